The van der Waals surface area contributed by atoms with Crippen LogP contribution in [0.2, 0.25) is 0 Å². The van der Waals surface area contributed by atoms with Crippen molar-refractivity contribution in [3.8, 4) is 11.1 Å². The molecule has 4 heterocycles. The topological polar surface area (TPSA) is 121 Å². The minimum atomic E-state index is -4.63. The second-order valence-corrected chi connectivity index (χ2v) is 9.42. The summed E-state index contributed by atoms with van der Waals surface area (Å²) in [6.07, 6.45) is -6.17. The average Bonchev–Trinajstić information content (AvgIpc) is 3.51. The van der Waals surface area contributed by atoms with E-state index < -0.39 is 35.8 Å². The van der Waals surface area contributed by atoms with Gasteiger partial charge in [0.05, 0.1) is 11.4 Å². The van der Waals surface area contributed by atoms with Crippen molar-refractivity contribution in [2.24, 2.45) is 5.73 Å². The average molecular weight is 556 g/mol. The number of hydrogen-bond donors (Lipinski definition) is 2. The Balaban J connectivity index is 1.75. The number of thiophene rings is 1. The first-order chi connectivity index (χ1) is 17.8. The molecule has 0 saturated heterocycles. The molecule has 15 heteroatoms. The number of anilines is 1. The zero-order valence-corrected chi connectivity index (χ0v) is 21.2. The van der Waals surface area contributed by atoms with Crippen LogP contribution in [-0.4, -0.2) is 36.4 Å². The van der Waals surface area contributed by atoms with Gasteiger partial charge < -0.3 is 11.1 Å². The van der Waals surface area contributed by atoms with Gasteiger partial charge in [-0.05, 0) is 38.5 Å². The van der Waals surface area contributed by atoms with Crippen molar-refractivity contribution >= 4 is 39.1 Å². The first-order valence-electron chi connectivity index (χ1n) is 11.3. The van der Waals surface area contributed by atoms with Crippen LogP contribution in [0.15, 0.2) is 18.3 Å². The molecule has 0 aromatic carbocycles. The van der Waals surface area contributed by atoms with E-state index in [0.717, 1.165) is 22.1 Å². The Morgan fingerprint density at radius 3 is 2.42 bits per heavy atom. The van der Waals surface area contributed by atoms with Crippen molar-refractivity contribution in [3.05, 3.63) is 46.0 Å². The SMILES string of the molecule is CCn1cc(-c2cc(C(F)F)nc3sc(C(N)=O)c(NC(=O)CCn4nc(C(F)(F)F)cc4C)c23)c(C)n1. The molecule has 0 aliphatic rings. The van der Waals surface area contributed by atoms with Gasteiger partial charge in [-0.3, -0.25) is 19.0 Å². The maximum Gasteiger partial charge on any atom is 0.435 e. The Morgan fingerprint density at radius 2 is 1.87 bits per heavy atom. The number of nitrogens with one attached hydrogen (secondary N) is 1. The van der Waals surface area contributed by atoms with Gasteiger partial charge >= 0.3 is 6.18 Å². The number of nitrogens with zero attached hydrogens (tertiary/aromatic N) is 5. The molecule has 0 spiro atoms. The molecule has 0 unspecified atom stereocenters. The number of halogens is 5. The smallest absolute Gasteiger partial charge is 0.365 e. The van der Waals surface area contributed by atoms with Crippen LogP contribution < -0.4 is 11.1 Å². The van der Waals surface area contributed by atoms with Gasteiger partial charge in [0.15, 0.2) is 5.69 Å². The minimum Gasteiger partial charge on any atom is -0.365 e. The molecule has 4 aromatic heterocycles. The van der Waals surface area contributed by atoms with E-state index in [9.17, 15) is 31.5 Å². The van der Waals surface area contributed by atoms with E-state index in [1.54, 1.807) is 17.8 Å². The molecule has 0 aliphatic carbocycles. The van der Waals surface area contributed by atoms with Crippen molar-refractivity contribution < 1.29 is 31.5 Å². The summed E-state index contributed by atoms with van der Waals surface area (Å²) in [6, 6.07) is 2.04. The van der Waals surface area contributed by atoms with E-state index >= 15 is 0 Å². The number of alkyl halides is 5. The second kappa shape index (κ2) is 10.1. The fourth-order valence-electron chi connectivity index (χ4n) is 3.96. The Hall–Kier alpha value is -3.88. The van der Waals surface area contributed by atoms with E-state index in [-0.39, 0.29) is 45.0 Å². The number of nitrogens with two attached hydrogens (primary N) is 1. The molecule has 2 amide bonds. The van der Waals surface area contributed by atoms with E-state index in [0.29, 0.717) is 17.8 Å². The molecule has 0 saturated carbocycles. The number of carbonyl (C=O) groups is 2. The molecule has 0 radical (unpaired) electrons. The number of carbonyl (C=O) groups excluding carboxylic acids is 2. The largest absolute Gasteiger partial charge is 0.435 e. The Bertz CT molecular complexity index is 1540. The number of fused-ring (bicyclic) bond motifs is 1. The lowest BCUT2D eigenvalue weighted by Crippen LogP contribution is -2.19. The van der Waals surface area contributed by atoms with E-state index in [2.05, 4.69) is 20.5 Å². The fraction of sp³-hybridized carbons (Fsp3) is 0.348. The third-order valence-corrected chi connectivity index (χ3v) is 6.87. The van der Waals surface area contributed by atoms with Crippen molar-refractivity contribution in [2.75, 3.05) is 5.32 Å². The summed E-state index contributed by atoms with van der Waals surface area (Å²) in [5.74, 6) is -1.56. The lowest BCUT2D eigenvalue weighted by Gasteiger charge is -2.11. The number of primary amides is 1. The Labute approximate surface area is 216 Å². The molecule has 0 fully saturated rings. The summed E-state index contributed by atoms with van der Waals surface area (Å²) in [5.41, 5.74) is 5.42. The monoisotopic (exact) mass is 555 g/mol. The second-order valence-electron chi connectivity index (χ2n) is 8.42. The summed E-state index contributed by atoms with van der Waals surface area (Å²) >= 11 is 0.752. The third kappa shape index (κ3) is 5.23. The fourth-order valence-corrected chi connectivity index (χ4v) is 4.98. The van der Waals surface area contributed by atoms with Crippen molar-refractivity contribution in [1.82, 2.24) is 24.5 Å². The van der Waals surface area contributed by atoms with Gasteiger partial charge in [-0.15, -0.1) is 11.3 Å². The van der Waals surface area contributed by atoms with Crippen molar-refractivity contribution in [1.29, 1.82) is 0 Å². The highest BCUT2D eigenvalue weighted by molar-refractivity contribution is 7.21. The van der Waals surface area contributed by atoms with Crippen molar-refractivity contribution in [3.63, 3.8) is 0 Å². The molecule has 0 bridgehead atoms. The molecule has 0 aliphatic heterocycles. The molecule has 3 N–H and O–H groups in total. The van der Waals surface area contributed by atoms with Gasteiger partial charge in [-0.1, -0.05) is 0 Å². The maximum atomic E-state index is 13.7. The van der Waals surface area contributed by atoms with Crippen LogP contribution in [0.3, 0.4) is 0 Å². The summed E-state index contributed by atoms with van der Waals surface area (Å²) in [5, 5.41) is 10.7. The summed E-state index contributed by atoms with van der Waals surface area (Å²) in [4.78, 5) is 29.1. The molecule has 0 atom stereocenters. The number of hydrogen-bond acceptors (Lipinski definition) is 6. The molecule has 202 valence electrons. The third-order valence-electron chi connectivity index (χ3n) is 5.78. The standard InChI is InChI=1S/C23H22F5N7O2S/c1-4-34-9-13(11(3)32-34)12-8-14(20(24)25)30-22-17(12)18(19(38-22)21(29)37)31-16(36)5-6-35-10(2)7-15(33-35)23(26,27)28/h7-9,20H,4-6H2,1-3H3,(H2,29,37)(H,31,36). The lowest BCUT2D eigenvalue weighted by atomic mass is 10.0. The van der Waals surface area contributed by atoms with Crippen LogP contribution in [0.1, 0.15) is 52.2 Å². The number of aryl methyl sites for hydroxylation is 4. The Kier molecular flexibility index (Phi) is 7.23. The van der Waals surface area contributed by atoms with Crippen LogP contribution in [-0.2, 0) is 24.1 Å². The normalized spacial score (nSPS) is 12.0. The van der Waals surface area contributed by atoms with Gasteiger partial charge in [0.25, 0.3) is 12.3 Å². The van der Waals surface area contributed by atoms with E-state index in [4.69, 9.17) is 5.73 Å². The molecule has 38 heavy (non-hydrogen) atoms. The minimum absolute atomic E-state index is 0.0115. The molecule has 4 aromatic rings. The van der Waals surface area contributed by atoms with Crippen LogP contribution >= 0.6 is 11.3 Å². The molecular weight excluding hydrogens is 533 g/mol. The quantitative estimate of drug-likeness (QED) is 0.294. The number of aromatic nitrogens is 5. The van der Waals surface area contributed by atoms with Gasteiger partial charge in [0, 0.05) is 42.4 Å². The highest BCUT2D eigenvalue weighted by Gasteiger charge is 2.34. The van der Waals surface area contributed by atoms with Crippen molar-refractivity contribution in [2.45, 2.75) is 52.9 Å². The van der Waals surface area contributed by atoms with Gasteiger partial charge in [0.1, 0.15) is 15.4 Å². The molecule has 9 nitrogen and oxygen atoms in total. The predicted molar refractivity (Wildman–Crippen MR) is 130 cm³/mol. The zero-order chi connectivity index (χ0) is 27.9. The Morgan fingerprint density at radius 1 is 1.16 bits per heavy atom. The lowest BCUT2D eigenvalue weighted by molar-refractivity contribution is -0.141. The number of amides is 2. The highest BCUT2D eigenvalue weighted by Crippen LogP contribution is 2.43. The summed E-state index contributed by atoms with van der Waals surface area (Å²) in [7, 11) is 0. The number of pyridine rings is 1. The highest BCUT2D eigenvalue weighted by atomic mass is 32.1. The van der Waals surface area contributed by atoms with Crippen LogP contribution in [0.4, 0.5) is 27.6 Å². The van der Waals surface area contributed by atoms with Gasteiger partial charge in [-0.2, -0.15) is 23.4 Å². The maximum absolute atomic E-state index is 13.7. The zero-order valence-electron chi connectivity index (χ0n) is 20.4. The van der Waals surface area contributed by atoms with E-state index in [1.807, 2.05) is 6.92 Å². The van der Waals surface area contributed by atoms with Gasteiger partial charge in [-0.25, -0.2) is 13.8 Å². The van der Waals surface area contributed by atoms with Gasteiger partial charge in [0.2, 0.25) is 5.91 Å². The number of rotatable bonds is 8. The summed E-state index contributed by atoms with van der Waals surface area (Å²) in [6.45, 7) is 5.31. The van der Waals surface area contributed by atoms with E-state index in [1.165, 1.54) is 13.0 Å². The van der Waals surface area contributed by atoms with Crippen LogP contribution in [0, 0.1) is 13.8 Å². The first-order valence-corrected chi connectivity index (χ1v) is 12.1. The molecular formula is C23H22F5N7O2S. The van der Waals surface area contributed by atoms with Crippen LogP contribution in [0.25, 0.3) is 21.3 Å². The molecule has 4 rings (SSSR count). The summed E-state index contributed by atoms with van der Waals surface area (Å²) < 4.78 is 68.9. The van der Waals surface area contributed by atoms with Crippen LogP contribution in [0.5, 0.6) is 0 Å². The predicted octanol–water partition coefficient (Wildman–Crippen LogP) is 5.08. The first kappa shape index (κ1) is 27.2.